The van der Waals surface area contributed by atoms with Crippen LogP contribution in [0.2, 0.25) is 0 Å². The molecule has 0 radical (unpaired) electrons. The summed E-state index contributed by atoms with van der Waals surface area (Å²) < 4.78 is 18.5. The van der Waals surface area contributed by atoms with Crippen LogP contribution in [0, 0.1) is 5.82 Å². The highest BCUT2D eigenvalue weighted by Gasteiger charge is 2.21. The molecule has 1 aliphatic rings. The Labute approximate surface area is 167 Å². The summed E-state index contributed by atoms with van der Waals surface area (Å²) in [5.74, 6) is -0.714. The molecule has 0 bridgehead atoms. The Balaban J connectivity index is 1.65. The molecule has 0 aliphatic heterocycles. The third-order valence-electron chi connectivity index (χ3n) is 5.31. The van der Waals surface area contributed by atoms with Gasteiger partial charge in [0.05, 0.1) is 12.1 Å². The molecule has 0 unspecified atom stereocenters. The molecule has 1 heterocycles. The van der Waals surface area contributed by atoms with Gasteiger partial charge in [-0.2, -0.15) is 0 Å². The second-order valence-electron chi connectivity index (χ2n) is 7.47. The van der Waals surface area contributed by atoms with Crippen molar-refractivity contribution in [1.82, 2.24) is 0 Å². The minimum absolute atomic E-state index is 0.0371. The summed E-state index contributed by atoms with van der Waals surface area (Å²) in [6.45, 7) is 0. The predicted molar refractivity (Wildman–Crippen MR) is 112 cm³/mol. The summed E-state index contributed by atoms with van der Waals surface area (Å²) in [6.07, 6.45) is 5.59. The van der Waals surface area contributed by atoms with Crippen molar-refractivity contribution in [3.63, 3.8) is 0 Å². The molecule has 4 rings (SSSR count). The molecule has 1 aromatic heterocycles. The topological polar surface area (TPSA) is 71.3 Å². The zero-order valence-corrected chi connectivity index (χ0v) is 16.0. The lowest BCUT2D eigenvalue weighted by Crippen LogP contribution is -2.26. The average Bonchev–Trinajstić information content (AvgIpc) is 2.73. The molecule has 3 aromatic rings. The van der Waals surface area contributed by atoms with Gasteiger partial charge in [-0.15, -0.1) is 0 Å². The highest BCUT2D eigenvalue weighted by Crippen LogP contribution is 2.31. The van der Waals surface area contributed by atoms with Gasteiger partial charge in [-0.05, 0) is 42.7 Å². The average molecular weight is 394 g/mol. The molecular formula is C23H23FN2O3. The standard InChI is InChI=1S/C23H23FN2O3/c24-16-12-10-15(11-13-16)14-20(27)26-22-21(25-17-6-2-1-3-7-17)18-8-4-5-9-19(18)29-23(22)28/h4-5,8-13,17,25H,1-3,6-7,14H2,(H,26,27). The maximum Gasteiger partial charge on any atom is 0.362 e. The fraction of sp³-hybridized carbons (Fsp3) is 0.304. The van der Waals surface area contributed by atoms with E-state index in [1.54, 1.807) is 18.2 Å². The van der Waals surface area contributed by atoms with Gasteiger partial charge in [0.25, 0.3) is 0 Å². The number of benzene rings is 2. The normalized spacial score (nSPS) is 14.7. The number of halogens is 1. The van der Waals surface area contributed by atoms with Crippen molar-refractivity contribution in [2.75, 3.05) is 10.6 Å². The number of carbonyl (C=O) groups is 1. The van der Waals surface area contributed by atoms with Crippen LogP contribution in [0.15, 0.2) is 57.7 Å². The Bertz CT molecular complexity index is 1070. The quantitative estimate of drug-likeness (QED) is 0.607. The van der Waals surface area contributed by atoms with E-state index in [9.17, 15) is 14.0 Å². The summed E-state index contributed by atoms with van der Waals surface area (Å²) in [6, 6.07) is 13.3. The summed E-state index contributed by atoms with van der Waals surface area (Å²) in [4.78, 5) is 25.2. The Morgan fingerprint density at radius 1 is 1.00 bits per heavy atom. The smallest absolute Gasteiger partial charge is 0.362 e. The number of carbonyl (C=O) groups excluding carboxylic acids is 1. The molecule has 2 N–H and O–H groups in total. The van der Waals surface area contributed by atoms with Gasteiger partial charge in [-0.25, -0.2) is 9.18 Å². The van der Waals surface area contributed by atoms with Crippen LogP contribution in [0.25, 0.3) is 11.0 Å². The maximum atomic E-state index is 13.1. The zero-order chi connectivity index (χ0) is 20.2. The Morgan fingerprint density at radius 3 is 2.48 bits per heavy atom. The van der Waals surface area contributed by atoms with Crippen LogP contribution in [-0.4, -0.2) is 11.9 Å². The van der Waals surface area contributed by atoms with Crippen molar-refractivity contribution in [1.29, 1.82) is 0 Å². The van der Waals surface area contributed by atoms with Crippen molar-refractivity contribution in [2.24, 2.45) is 0 Å². The van der Waals surface area contributed by atoms with E-state index in [1.807, 2.05) is 18.2 Å². The maximum absolute atomic E-state index is 13.1. The molecule has 0 saturated heterocycles. The summed E-state index contributed by atoms with van der Waals surface area (Å²) in [5.41, 5.74) is 1.29. The zero-order valence-electron chi connectivity index (χ0n) is 16.0. The van der Waals surface area contributed by atoms with Gasteiger partial charge in [0.2, 0.25) is 5.91 Å². The number of anilines is 2. The predicted octanol–water partition coefficient (Wildman–Crippen LogP) is 4.86. The van der Waals surface area contributed by atoms with Crippen LogP contribution in [-0.2, 0) is 11.2 Å². The first-order valence-electron chi connectivity index (χ1n) is 9.97. The third kappa shape index (κ3) is 4.47. The first-order chi connectivity index (χ1) is 14.1. The van der Waals surface area contributed by atoms with Crippen molar-refractivity contribution >= 4 is 28.3 Å². The highest BCUT2D eigenvalue weighted by atomic mass is 19.1. The minimum Gasteiger partial charge on any atom is -0.421 e. The Kier molecular flexibility index (Phi) is 5.60. The van der Waals surface area contributed by atoms with Crippen molar-refractivity contribution < 1.29 is 13.6 Å². The Hall–Kier alpha value is -3.15. The lowest BCUT2D eigenvalue weighted by atomic mass is 9.95. The van der Waals surface area contributed by atoms with Gasteiger partial charge in [-0.3, -0.25) is 4.79 Å². The van der Waals surface area contributed by atoms with E-state index < -0.39 is 5.63 Å². The van der Waals surface area contributed by atoms with Gasteiger partial charge >= 0.3 is 5.63 Å². The van der Waals surface area contributed by atoms with Crippen LogP contribution < -0.4 is 16.3 Å². The first kappa shape index (κ1) is 19.2. The molecule has 1 amide bonds. The fourth-order valence-electron chi connectivity index (χ4n) is 3.84. The number of fused-ring (bicyclic) bond motifs is 1. The van der Waals surface area contributed by atoms with E-state index >= 15 is 0 Å². The minimum atomic E-state index is -0.588. The number of rotatable bonds is 5. The molecule has 0 atom stereocenters. The highest BCUT2D eigenvalue weighted by molar-refractivity contribution is 6.02. The van der Waals surface area contributed by atoms with Crippen molar-refractivity contribution in [3.05, 3.63) is 70.3 Å². The fourth-order valence-corrected chi connectivity index (χ4v) is 3.84. The van der Waals surface area contributed by atoms with E-state index in [0.29, 0.717) is 16.8 Å². The first-order valence-corrected chi connectivity index (χ1v) is 9.97. The number of nitrogens with one attached hydrogen (secondary N) is 2. The molecule has 1 aliphatic carbocycles. The van der Waals surface area contributed by atoms with Crippen LogP contribution in [0.5, 0.6) is 0 Å². The monoisotopic (exact) mass is 394 g/mol. The van der Waals surface area contributed by atoms with E-state index in [-0.39, 0.29) is 29.9 Å². The lowest BCUT2D eigenvalue weighted by molar-refractivity contribution is -0.115. The Morgan fingerprint density at radius 2 is 1.72 bits per heavy atom. The second-order valence-corrected chi connectivity index (χ2v) is 7.47. The van der Waals surface area contributed by atoms with Crippen LogP contribution >= 0.6 is 0 Å². The molecule has 0 spiro atoms. The third-order valence-corrected chi connectivity index (χ3v) is 5.31. The summed E-state index contributed by atoms with van der Waals surface area (Å²) in [5, 5.41) is 6.97. The van der Waals surface area contributed by atoms with Crippen molar-refractivity contribution in [3.8, 4) is 0 Å². The van der Waals surface area contributed by atoms with Gasteiger partial charge in [0.15, 0.2) is 5.69 Å². The molecule has 29 heavy (non-hydrogen) atoms. The van der Waals surface area contributed by atoms with E-state index in [4.69, 9.17) is 4.42 Å². The molecule has 1 saturated carbocycles. The number of para-hydroxylation sites is 1. The largest absolute Gasteiger partial charge is 0.421 e. The van der Waals surface area contributed by atoms with Crippen LogP contribution in [0.1, 0.15) is 37.7 Å². The molecule has 5 nitrogen and oxygen atoms in total. The summed E-state index contributed by atoms with van der Waals surface area (Å²) in [7, 11) is 0. The van der Waals surface area contributed by atoms with Crippen molar-refractivity contribution in [2.45, 2.75) is 44.6 Å². The molecule has 1 fully saturated rings. The molecule has 2 aromatic carbocycles. The van der Waals surface area contributed by atoms with Gasteiger partial charge in [0.1, 0.15) is 11.4 Å². The van der Waals surface area contributed by atoms with Gasteiger partial charge in [-0.1, -0.05) is 43.5 Å². The van der Waals surface area contributed by atoms with E-state index in [1.165, 1.54) is 18.6 Å². The van der Waals surface area contributed by atoms with E-state index in [2.05, 4.69) is 10.6 Å². The van der Waals surface area contributed by atoms with Gasteiger partial charge in [0, 0.05) is 11.4 Å². The lowest BCUT2D eigenvalue weighted by Gasteiger charge is -2.25. The number of hydrogen-bond acceptors (Lipinski definition) is 4. The van der Waals surface area contributed by atoms with Crippen LogP contribution in [0.3, 0.4) is 0 Å². The number of amides is 1. The summed E-state index contributed by atoms with van der Waals surface area (Å²) >= 11 is 0. The number of hydrogen-bond donors (Lipinski definition) is 2. The van der Waals surface area contributed by atoms with E-state index in [0.717, 1.165) is 31.1 Å². The SMILES string of the molecule is O=C(Cc1ccc(F)cc1)Nc1c(NC2CCCCC2)c2ccccc2oc1=O. The second kappa shape index (κ2) is 8.47. The molecular weight excluding hydrogens is 371 g/mol. The molecule has 150 valence electrons. The van der Waals surface area contributed by atoms with Gasteiger partial charge < -0.3 is 15.1 Å². The van der Waals surface area contributed by atoms with Crippen LogP contribution in [0.4, 0.5) is 15.8 Å². The molecule has 6 heteroatoms.